The van der Waals surface area contributed by atoms with Gasteiger partial charge in [0.15, 0.2) is 5.78 Å². The van der Waals surface area contributed by atoms with Gasteiger partial charge in [-0.15, -0.1) is 0 Å². The molecule has 0 aromatic heterocycles. The SMILES string of the molecule is COc1ccc(C2=C(c3ccccc3OCc3ccccc3)C(=O)CC2c2ccccc2)cc1. The molecule has 0 heterocycles. The summed E-state index contributed by atoms with van der Waals surface area (Å²) in [5.74, 6) is 1.63. The summed E-state index contributed by atoms with van der Waals surface area (Å²) in [6.07, 6.45) is 0.438. The molecule has 0 radical (unpaired) electrons. The maximum atomic E-state index is 13.6. The van der Waals surface area contributed by atoms with Gasteiger partial charge in [0.25, 0.3) is 0 Å². The van der Waals surface area contributed by atoms with E-state index in [1.54, 1.807) is 7.11 Å². The zero-order chi connectivity index (χ0) is 23.3. The molecule has 5 rings (SSSR count). The van der Waals surface area contributed by atoms with Gasteiger partial charge in [0.1, 0.15) is 18.1 Å². The van der Waals surface area contributed by atoms with Crippen LogP contribution >= 0.6 is 0 Å². The lowest BCUT2D eigenvalue weighted by Crippen LogP contribution is -2.02. The Labute approximate surface area is 200 Å². The van der Waals surface area contributed by atoms with Crippen molar-refractivity contribution in [2.75, 3.05) is 7.11 Å². The zero-order valence-electron chi connectivity index (χ0n) is 19.1. The minimum absolute atomic E-state index is 0.0146. The van der Waals surface area contributed by atoms with Crippen LogP contribution in [0.25, 0.3) is 11.1 Å². The maximum absolute atomic E-state index is 13.6. The van der Waals surface area contributed by atoms with Gasteiger partial charge >= 0.3 is 0 Å². The number of Topliss-reactive ketones (excluding diaryl/α,β-unsaturated/α-hetero) is 1. The van der Waals surface area contributed by atoms with Crippen molar-refractivity contribution in [2.24, 2.45) is 0 Å². The summed E-state index contributed by atoms with van der Waals surface area (Å²) in [6, 6.07) is 36.1. The molecule has 1 unspecified atom stereocenters. The highest BCUT2D eigenvalue weighted by atomic mass is 16.5. The fraction of sp³-hybridized carbons (Fsp3) is 0.129. The lowest BCUT2D eigenvalue weighted by molar-refractivity contribution is -0.113. The fourth-order valence-electron chi connectivity index (χ4n) is 4.63. The number of ether oxygens (including phenoxy) is 2. The molecule has 0 fully saturated rings. The topological polar surface area (TPSA) is 35.5 Å². The van der Waals surface area contributed by atoms with Crippen molar-refractivity contribution in [1.29, 1.82) is 0 Å². The molecule has 0 amide bonds. The number of para-hydroxylation sites is 1. The van der Waals surface area contributed by atoms with Crippen molar-refractivity contribution in [3.8, 4) is 11.5 Å². The van der Waals surface area contributed by atoms with E-state index in [-0.39, 0.29) is 11.7 Å². The van der Waals surface area contributed by atoms with Gasteiger partial charge in [0.2, 0.25) is 0 Å². The predicted octanol–water partition coefficient (Wildman–Crippen LogP) is 6.94. The summed E-state index contributed by atoms with van der Waals surface area (Å²) in [6.45, 7) is 0.444. The number of ketones is 1. The number of rotatable bonds is 7. The maximum Gasteiger partial charge on any atom is 0.164 e. The van der Waals surface area contributed by atoms with E-state index in [1.807, 2.05) is 97.1 Å². The van der Waals surface area contributed by atoms with Crippen molar-refractivity contribution < 1.29 is 14.3 Å². The number of hydrogen-bond acceptors (Lipinski definition) is 3. The van der Waals surface area contributed by atoms with Crippen LogP contribution in [0.2, 0.25) is 0 Å². The van der Waals surface area contributed by atoms with Crippen LogP contribution in [0, 0.1) is 0 Å². The van der Waals surface area contributed by atoms with Crippen LogP contribution in [0.1, 0.15) is 34.6 Å². The first-order valence-electron chi connectivity index (χ1n) is 11.5. The van der Waals surface area contributed by atoms with E-state index in [1.165, 1.54) is 0 Å². The first kappa shape index (κ1) is 21.7. The van der Waals surface area contributed by atoms with Crippen molar-refractivity contribution in [3.63, 3.8) is 0 Å². The first-order valence-corrected chi connectivity index (χ1v) is 11.5. The van der Waals surface area contributed by atoms with Crippen molar-refractivity contribution in [2.45, 2.75) is 18.9 Å². The average molecular weight is 447 g/mol. The standard InChI is InChI=1S/C31H26O3/c1-33-25-18-16-24(17-19-25)30-27(23-12-6-3-7-13-23)20-28(32)31(30)26-14-8-9-15-29(26)34-21-22-10-4-2-5-11-22/h2-19,27H,20-21H2,1H3. The molecule has 1 atom stereocenters. The normalized spacial score (nSPS) is 15.4. The molecule has 4 aromatic rings. The Bertz CT molecular complexity index is 1310. The predicted molar refractivity (Wildman–Crippen MR) is 136 cm³/mol. The molecule has 1 aliphatic carbocycles. The minimum Gasteiger partial charge on any atom is -0.497 e. The molecule has 3 heteroatoms. The number of allylic oxidation sites excluding steroid dienone is 2. The average Bonchev–Trinajstić information content (AvgIpc) is 3.25. The number of benzene rings is 4. The van der Waals surface area contributed by atoms with E-state index in [4.69, 9.17) is 9.47 Å². The summed E-state index contributed by atoms with van der Waals surface area (Å²) in [5.41, 5.74) is 5.86. The smallest absolute Gasteiger partial charge is 0.164 e. The van der Waals surface area contributed by atoms with Gasteiger partial charge < -0.3 is 9.47 Å². The molecule has 0 spiro atoms. The van der Waals surface area contributed by atoms with Gasteiger partial charge in [-0.05, 0) is 40.5 Å². The molecule has 0 saturated carbocycles. The van der Waals surface area contributed by atoms with Crippen molar-refractivity contribution in [1.82, 2.24) is 0 Å². The highest BCUT2D eigenvalue weighted by Gasteiger charge is 2.35. The van der Waals surface area contributed by atoms with Crippen LogP contribution in [0.4, 0.5) is 0 Å². The second kappa shape index (κ2) is 9.80. The molecular formula is C31H26O3. The summed E-state index contributed by atoms with van der Waals surface area (Å²) < 4.78 is 11.6. The van der Waals surface area contributed by atoms with E-state index < -0.39 is 0 Å². The van der Waals surface area contributed by atoms with Gasteiger partial charge in [-0.25, -0.2) is 0 Å². The highest BCUT2D eigenvalue weighted by molar-refractivity contribution is 6.32. The Morgan fingerprint density at radius 3 is 2.12 bits per heavy atom. The van der Waals surface area contributed by atoms with Gasteiger partial charge in [-0.3, -0.25) is 4.79 Å². The van der Waals surface area contributed by atoms with Crippen LogP contribution in [-0.2, 0) is 11.4 Å². The Hall–Kier alpha value is -4.11. The van der Waals surface area contributed by atoms with Gasteiger partial charge in [-0.2, -0.15) is 0 Å². The Morgan fingerprint density at radius 1 is 0.765 bits per heavy atom. The van der Waals surface area contributed by atoms with E-state index >= 15 is 0 Å². The van der Waals surface area contributed by atoms with Crippen LogP contribution in [0.5, 0.6) is 11.5 Å². The Morgan fingerprint density at radius 2 is 1.41 bits per heavy atom. The number of carbonyl (C=O) groups excluding carboxylic acids is 1. The number of hydrogen-bond donors (Lipinski definition) is 0. The second-order valence-electron chi connectivity index (χ2n) is 8.38. The van der Waals surface area contributed by atoms with Gasteiger partial charge in [0.05, 0.1) is 7.11 Å². The molecule has 168 valence electrons. The summed E-state index contributed by atoms with van der Waals surface area (Å²) >= 11 is 0. The number of methoxy groups -OCH3 is 1. The zero-order valence-corrected chi connectivity index (χ0v) is 19.1. The third-order valence-corrected chi connectivity index (χ3v) is 6.28. The Kier molecular flexibility index (Phi) is 6.26. The highest BCUT2D eigenvalue weighted by Crippen LogP contribution is 2.48. The molecular weight excluding hydrogens is 420 g/mol. The molecule has 34 heavy (non-hydrogen) atoms. The quantitative estimate of drug-likeness (QED) is 0.308. The van der Waals surface area contributed by atoms with E-state index in [2.05, 4.69) is 12.1 Å². The second-order valence-corrected chi connectivity index (χ2v) is 8.38. The third-order valence-electron chi connectivity index (χ3n) is 6.28. The van der Waals surface area contributed by atoms with Gasteiger partial charge in [-0.1, -0.05) is 91.0 Å². The molecule has 0 N–H and O–H groups in total. The molecule has 0 aliphatic heterocycles. The molecule has 0 saturated heterocycles. The van der Waals surface area contributed by atoms with E-state index in [0.29, 0.717) is 13.0 Å². The first-order chi connectivity index (χ1) is 16.7. The summed E-state index contributed by atoms with van der Waals surface area (Å²) in [7, 11) is 1.66. The van der Waals surface area contributed by atoms with Crippen LogP contribution in [-0.4, -0.2) is 12.9 Å². The van der Waals surface area contributed by atoms with Crippen molar-refractivity contribution in [3.05, 3.63) is 131 Å². The molecule has 4 aromatic carbocycles. The molecule has 1 aliphatic rings. The Balaban J connectivity index is 1.62. The molecule has 0 bridgehead atoms. The van der Waals surface area contributed by atoms with Crippen LogP contribution < -0.4 is 9.47 Å². The van der Waals surface area contributed by atoms with Gasteiger partial charge in [0, 0.05) is 23.5 Å². The number of carbonyl (C=O) groups is 1. The summed E-state index contributed by atoms with van der Waals surface area (Å²) in [4.78, 5) is 13.6. The van der Waals surface area contributed by atoms with E-state index in [0.717, 1.165) is 44.9 Å². The van der Waals surface area contributed by atoms with Crippen LogP contribution in [0.3, 0.4) is 0 Å². The van der Waals surface area contributed by atoms with Crippen LogP contribution in [0.15, 0.2) is 109 Å². The lowest BCUT2D eigenvalue weighted by atomic mass is 9.87. The summed E-state index contributed by atoms with van der Waals surface area (Å²) in [5, 5.41) is 0. The third kappa shape index (κ3) is 4.38. The largest absolute Gasteiger partial charge is 0.497 e. The molecule has 3 nitrogen and oxygen atoms in total. The minimum atomic E-state index is -0.0146. The van der Waals surface area contributed by atoms with E-state index in [9.17, 15) is 4.79 Å². The lowest BCUT2D eigenvalue weighted by Gasteiger charge is -2.18. The fourth-order valence-corrected chi connectivity index (χ4v) is 4.63. The van der Waals surface area contributed by atoms with Crippen molar-refractivity contribution >= 4 is 16.9 Å². The monoisotopic (exact) mass is 446 g/mol.